The molecule has 4 atom stereocenters. The molecule has 0 aromatic heterocycles. The fraction of sp³-hybridized carbons (Fsp3) is 0.778. The van der Waals surface area contributed by atoms with Gasteiger partial charge in [0.15, 0.2) is 0 Å². The maximum absolute atomic E-state index is 11.0. The maximum Gasteiger partial charge on any atom is 0.324 e. The molecule has 2 aliphatic carbocycles. The van der Waals surface area contributed by atoms with E-state index in [9.17, 15) is 9.59 Å². The van der Waals surface area contributed by atoms with Gasteiger partial charge in [0, 0.05) is 5.92 Å². The molecule has 2 saturated carbocycles. The summed E-state index contributed by atoms with van der Waals surface area (Å²) in [6, 6.07) is 0. The lowest BCUT2D eigenvalue weighted by Gasteiger charge is -2.29. The summed E-state index contributed by atoms with van der Waals surface area (Å²) >= 11 is 0. The second kappa shape index (κ2) is 2.70. The Morgan fingerprint density at radius 2 is 1.93 bits per heavy atom. The van der Waals surface area contributed by atoms with Crippen molar-refractivity contribution >= 4 is 11.9 Å². The number of hydrogen-bond donors (Lipinski definition) is 3. The van der Waals surface area contributed by atoms with Gasteiger partial charge in [0.05, 0.1) is 5.92 Å². The monoisotopic (exact) mass is 199 g/mol. The third-order valence-corrected chi connectivity index (χ3v) is 3.73. The third-order valence-electron chi connectivity index (χ3n) is 3.73. The van der Waals surface area contributed by atoms with Crippen LogP contribution in [0.25, 0.3) is 0 Å². The van der Waals surface area contributed by atoms with Crippen LogP contribution in [0.1, 0.15) is 19.3 Å². The first-order valence-electron chi connectivity index (χ1n) is 4.72. The molecule has 0 aromatic carbocycles. The summed E-state index contributed by atoms with van der Waals surface area (Å²) < 4.78 is 0. The predicted molar refractivity (Wildman–Crippen MR) is 46.5 cm³/mol. The van der Waals surface area contributed by atoms with E-state index in [1.165, 1.54) is 0 Å². The zero-order valence-electron chi connectivity index (χ0n) is 7.64. The second-order valence-corrected chi connectivity index (χ2v) is 4.36. The molecule has 0 unspecified atom stereocenters. The van der Waals surface area contributed by atoms with Crippen molar-refractivity contribution in [1.29, 1.82) is 0 Å². The summed E-state index contributed by atoms with van der Waals surface area (Å²) in [6.07, 6.45) is 1.74. The third kappa shape index (κ3) is 0.987. The summed E-state index contributed by atoms with van der Waals surface area (Å²) in [6.45, 7) is 0. The van der Waals surface area contributed by atoms with Gasteiger partial charge in [-0.15, -0.1) is 0 Å². The van der Waals surface area contributed by atoms with Crippen molar-refractivity contribution in [3.8, 4) is 0 Å². The number of aliphatic carboxylic acids is 2. The van der Waals surface area contributed by atoms with E-state index in [4.69, 9.17) is 15.9 Å². The molecule has 5 nitrogen and oxygen atoms in total. The summed E-state index contributed by atoms with van der Waals surface area (Å²) in [5, 5.41) is 17.9. The lowest BCUT2D eigenvalue weighted by Crippen LogP contribution is -2.53. The minimum atomic E-state index is -1.30. The number of hydrogen-bond acceptors (Lipinski definition) is 3. The van der Waals surface area contributed by atoms with Crippen molar-refractivity contribution in [2.24, 2.45) is 23.5 Å². The summed E-state index contributed by atoms with van der Waals surface area (Å²) in [5.41, 5.74) is 4.45. The van der Waals surface area contributed by atoms with E-state index in [2.05, 4.69) is 0 Å². The molecule has 0 spiro atoms. The SMILES string of the molecule is N[C@@]1(C(=O)O)C[C@H]2CC[C@@H]1[C@@H]2C(=O)O. The number of fused-ring (bicyclic) bond motifs is 2. The van der Waals surface area contributed by atoms with Crippen LogP contribution >= 0.6 is 0 Å². The molecule has 4 N–H and O–H groups in total. The number of carboxylic acids is 2. The highest BCUT2D eigenvalue weighted by Gasteiger charge is 2.61. The van der Waals surface area contributed by atoms with Gasteiger partial charge in [0.2, 0.25) is 0 Å². The number of carbonyl (C=O) groups is 2. The summed E-state index contributed by atoms with van der Waals surface area (Å²) in [7, 11) is 0. The highest BCUT2D eigenvalue weighted by Crippen LogP contribution is 2.53. The quantitative estimate of drug-likeness (QED) is 0.576. The summed E-state index contributed by atoms with van der Waals surface area (Å²) in [4.78, 5) is 21.9. The van der Waals surface area contributed by atoms with Gasteiger partial charge in [-0.1, -0.05) is 0 Å². The largest absolute Gasteiger partial charge is 0.481 e. The van der Waals surface area contributed by atoms with E-state index in [0.29, 0.717) is 12.8 Å². The van der Waals surface area contributed by atoms with Crippen LogP contribution in [-0.4, -0.2) is 27.7 Å². The molecular weight excluding hydrogens is 186 g/mol. The van der Waals surface area contributed by atoms with E-state index in [-0.39, 0.29) is 11.8 Å². The zero-order chi connectivity index (χ0) is 10.5. The number of rotatable bonds is 2. The number of carboxylic acid groups (broad SMARTS) is 2. The Bertz CT molecular complexity index is 303. The lowest BCUT2D eigenvalue weighted by molar-refractivity contribution is -0.147. The summed E-state index contributed by atoms with van der Waals surface area (Å²) in [5.74, 6) is -2.93. The minimum Gasteiger partial charge on any atom is -0.481 e. The molecule has 0 aromatic rings. The number of nitrogens with two attached hydrogens (primary N) is 1. The van der Waals surface area contributed by atoms with Crippen LogP contribution in [0.4, 0.5) is 0 Å². The Labute approximate surface area is 80.9 Å². The van der Waals surface area contributed by atoms with Crippen molar-refractivity contribution < 1.29 is 19.8 Å². The van der Waals surface area contributed by atoms with Gasteiger partial charge in [-0.05, 0) is 25.2 Å². The molecule has 0 heterocycles. The molecule has 2 rings (SSSR count). The minimum absolute atomic E-state index is 0.0430. The highest BCUT2D eigenvalue weighted by molar-refractivity contribution is 5.83. The van der Waals surface area contributed by atoms with Crippen LogP contribution in [0.3, 0.4) is 0 Å². The van der Waals surface area contributed by atoms with Gasteiger partial charge in [-0.2, -0.15) is 0 Å². The fourth-order valence-electron chi connectivity index (χ4n) is 3.09. The van der Waals surface area contributed by atoms with Crippen molar-refractivity contribution in [3.05, 3.63) is 0 Å². The van der Waals surface area contributed by atoms with Crippen LogP contribution in [0.2, 0.25) is 0 Å². The molecule has 0 saturated heterocycles. The molecule has 2 fully saturated rings. The Morgan fingerprint density at radius 1 is 1.29 bits per heavy atom. The molecule has 78 valence electrons. The van der Waals surface area contributed by atoms with E-state index in [1.807, 2.05) is 0 Å². The van der Waals surface area contributed by atoms with E-state index >= 15 is 0 Å². The van der Waals surface area contributed by atoms with Crippen LogP contribution in [-0.2, 0) is 9.59 Å². The van der Waals surface area contributed by atoms with Crippen LogP contribution in [0.15, 0.2) is 0 Å². The van der Waals surface area contributed by atoms with Crippen molar-refractivity contribution in [2.75, 3.05) is 0 Å². The average Bonchev–Trinajstić information content (AvgIpc) is 2.58. The average molecular weight is 199 g/mol. The predicted octanol–water partition coefficient (Wildman–Crippen LogP) is -0.101. The van der Waals surface area contributed by atoms with E-state index < -0.39 is 23.4 Å². The Morgan fingerprint density at radius 3 is 2.29 bits per heavy atom. The van der Waals surface area contributed by atoms with Crippen molar-refractivity contribution in [1.82, 2.24) is 0 Å². The van der Waals surface area contributed by atoms with Crippen LogP contribution in [0.5, 0.6) is 0 Å². The Kier molecular flexibility index (Phi) is 1.82. The van der Waals surface area contributed by atoms with E-state index in [1.54, 1.807) is 0 Å². The lowest BCUT2D eigenvalue weighted by atomic mass is 9.81. The second-order valence-electron chi connectivity index (χ2n) is 4.36. The Balaban J connectivity index is 2.31. The van der Waals surface area contributed by atoms with Gasteiger partial charge in [-0.25, -0.2) is 0 Å². The maximum atomic E-state index is 11.0. The fourth-order valence-corrected chi connectivity index (χ4v) is 3.09. The molecule has 2 bridgehead atoms. The highest BCUT2D eigenvalue weighted by atomic mass is 16.4. The van der Waals surface area contributed by atoms with Gasteiger partial charge >= 0.3 is 11.9 Å². The standard InChI is InChI=1S/C9H13NO4/c10-9(8(13)14)3-4-1-2-5(9)6(4)7(11)12/h4-6H,1-3,10H2,(H,11,12)(H,13,14)/t4-,5-,6-,9+/m1/s1. The van der Waals surface area contributed by atoms with E-state index in [0.717, 1.165) is 6.42 Å². The topological polar surface area (TPSA) is 101 Å². The molecule has 0 amide bonds. The molecule has 0 aliphatic heterocycles. The van der Waals surface area contributed by atoms with Gasteiger partial charge in [-0.3, -0.25) is 9.59 Å². The van der Waals surface area contributed by atoms with Crippen molar-refractivity contribution in [3.63, 3.8) is 0 Å². The molecule has 5 heteroatoms. The first-order chi connectivity index (χ1) is 6.47. The molecule has 0 radical (unpaired) electrons. The molecule has 14 heavy (non-hydrogen) atoms. The molecular formula is C9H13NO4. The van der Waals surface area contributed by atoms with Crippen molar-refractivity contribution in [2.45, 2.75) is 24.8 Å². The van der Waals surface area contributed by atoms with Gasteiger partial charge in [0.1, 0.15) is 5.54 Å². The zero-order valence-corrected chi connectivity index (χ0v) is 7.64. The smallest absolute Gasteiger partial charge is 0.324 e. The first-order valence-corrected chi connectivity index (χ1v) is 4.72. The van der Waals surface area contributed by atoms with Gasteiger partial charge < -0.3 is 15.9 Å². The molecule has 2 aliphatic rings. The Hall–Kier alpha value is -1.10. The first kappa shape index (κ1) is 9.45. The van der Waals surface area contributed by atoms with Crippen LogP contribution in [0, 0.1) is 17.8 Å². The van der Waals surface area contributed by atoms with Gasteiger partial charge in [0.25, 0.3) is 0 Å². The van der Waals surface area contributed by atoms with Crippen LogP contribution < -0.4 is 5.73 Å². The normalized spacial score (nSPS) is 45.4.